The molecule has 13 heteroatoms. The van der Waals surface area contributed by atoms with E-state index in [1.54, 1.807) is 5.38 Å². The van der Waals surface area contributed by atoms with Gasteiger partial charge in [0, 0.05) is 36.1 Å². The Labute approximate surface area is 212 Å². The molecule has 0 radical (unpaired) electrons. The average Bonchev–Trinajstić information content (AvgIpc) is 3.37. The van der Waals surface area contributed by atoms with Crippen molar-refractivity contribution in [1.29, 1.82) is 0 Å². The van der Waals surface area contributed by atoms with E-state index in [9.17, 15) is 27.6 Å². The van der Waals surface area contributed by atoms with Crippen molar-refractivity contribution in [2.45, 2.75) is 24.9 Å². The molecule has 188 valence electrons. The predicted molar refractivity (Wildman–Crippen MR) is 126 cm³/mol. The molecule has 0 saturated carbocycles. The lowest BCUT2D eigenvalue weighted by Crippen LogP contribution is -2.41. The van der Waals surface area contributed by atoms with Crippen LogP contribution < -0.4 is 10.9 Å². The molecule has 0 unspecified atom stereocenters. The van der Waals surface area contributed by atoms with Crippen molar-refractivity contribution in [3.63, 3.8) is 0 Å². The Bertz CT molecular complexity index is 1290. The molecule has 1 aliphatic heterocycles. The van der Waals surface area contributed by atoms with Crippen molar-refractivity contribution in [1.82, 2.24) is 25.7 Å². The number of amides is 3. The minimum Gasteiger partial charge on any atom is -0.339 e. The first-order valence-corrected chi connectivity index (χ1v) is 12.0. The highest BCUT2D eigenvalue weighted by Crippen LogP contribution is 2.34. The maximum absolute atomic E-state index is 13.3. The largest absolute Gasteiger partial charge is 0.417 e. The lowest BCUT2D eigenvalue weighted by Gasteiger charge is -2.31. The Morgan fingerprint density at radius 3 is 2.44 bits per heavy atom. The average molecular weight is 538 g/mol. The number of carbonyl (C=O) groups is 3. The minimum atomic E-state index is -4.62. The zero-order valence-corrected chi connectivity index (χ0v) is 20.1. The third-order valence-corrected chi connectivity index (χ3v) is 6.84. The monoisotopic (exact) mass is 537 g/mol. The molecule has 1 saturated heterocycles. The summed E-state index contributed by atoms with van der Waals surface area (Å²) in [6.45, 7) is 0.530. The SMILES string of the molecule is O=C(NNC(=O)c1csc(C2CCN(C(=O)c3ccccc3C(F)(F)F)CC2)n1)c1ccnc(Cl)c1. The summed E-state index contributed by atoms with van der Waals surface area (Å²) in [6, 6.07) is 7.53. The summed E-state index contributed by atoms with van der Waals surface area (Å²) in [5.41, 5.74) is 3.57. The van der Waals surface area contributed by atoms with E-state index in [-0.39, 0.29) is 41.0 Å². The van der Waals surface area contributed by atoms with E-state index in [0.29, 0.717) is 17.8 Å². The molecule has 8 nitrogen and oxygen atoms in total. The molecule has 3 amide bonds. The van der Waals surface area contributed by atoms with Crippen LogP contribution >= 0.6 is 22.9 Å². The Balaban J connectivity index is 1.33. The van der Waals surface area contributed by atoms with Gasteiger partial charge in [0.15, 0.2) is 0 Å². The fourth-order valence-electron chi connectivity index (χ4n) is 3.79. The number of likely N-dealkylation sites (tertiary alicyclic amines) is 1. The van der Waals surface area contributed by atoms with Gasteiger partial charge in [0.25, 0.3) is 17.7 Å². The van der Waals surface area contributed by atoms with Gasteiger partial charge in [0.2, 0.25) is 0 Å². The van der Waals surface area contributed by atoms with Gasteiger partial charge in [-0.2, -0.15) is 13.2 Å². The molecule has 1 fully saturated rings. The summed E-state index contributed by atoms with van der Waals surface area (Å²) < 4.78 is 39.9. The van der Waals surface area contributed by atoms with E-state index in [1.165, 1.54) is 52.8 Å². The second-order valence-electron chi connectivity index (χ2n) is 7.96. The van der Waals surface area contributed by atoms with Crippen molar-refractivity contribution in [2.24, 2.45) is 0 Å². The number of halogens is 4. The molecule has 0 aliphatic carbocycles. The van der Waals surface area contributed by atoms with E-state index < -0.39 is 29.5 Å². The molecule has 1 aromatic carbocycles. The highest BCUT2D eigenvalue weighted by Gasteiger charge is 2.36. The van der Waals surface area contributed by atoms with Gasteiger partial charge in [-0.3, -0.25) is 25.2 Å². The Hall–Kier alpha value is -3.51. The van der Waals surface area contributed by atoms with Crippen molar-refractivity contribution >= 4 is 40.7 Å². The molecule has 36 heavy (non-hydrogen) atoms. The van der Waals surface area contributed by atoms with Crippen molar-refractivity contribution in [2.75, 3.05) is 13.1 Å². The topological polar surface area (TPSA) is 104 Å². The standard InChI is InChI=1S/C23H19ClF3N5O3S/c24-18-11-14(5-8-28-18)19(33)30-31-20(34)17-12-36-21(29-17)13-6-9-32(10-7-13)22(35)15-3-1-2-4-16(15)23(25,26)27/h1-5,8,11-13H,6-7,9-10H2,(H,30,33)(H,31,34). The number of hydrazine groups is 1. The van der Waals surface area contributed by atoms with Gasteiger partial charge in [-0.25, -0.2) is 9.97 Å². The molecule has 0 spiro atoms. The molecular formula is C23H19ClF3N5O3S. The zero-order chi connectivity index (χ0) is 25.9. The lowest BCUT2D eigenvalue weighted by molar-refractivity contribution is -0.138. The number of piperidine rings is 1. The van der Waals surface area contributed by atoms with Crippen LogP contribution in [0.3, 0.4) is 0 Å². The van der Waals surface area contributed by atoms with Gasteiger partial charge in [0.05, 0.1) is 16.1 Å². The van der Waals surface area contributed by atoms with Crippen LogP contribution in [0.25, 0.3) is 0 Å². The highest BCUT2D eigenvalue weighted by atomic mass is 35.5. The minimum absolute atomic E-state index is 0.0491. The van der Waals surface area contributed by atoms with Crippen LogP contribution in [-0.2, 0) is 6.18 Å². The third kappa shape index (κ3) is 5.82. The third-order valence-electron chi connectivity index (χ3n) is 5.63. The zero-order valence-electron chi connectivity index (χ0n) is 18.5. The number of aromatic nitrogens is 2. The first-order valence-electron chi connectivity index (χ1n) is 10.8. The molecule has 3 aromatic rings. The van der Waals surface area contributed by atoms with E-state index in [1.807, 2.05) is 0 Å². The van der Waals surface area contributed by atoms with Gasteiger partial charge in [-0.15, -0.1) is 11.3 Å². The molecule has 1 aliphatic rings. The van der Waals surface area contributed by atoms with E-state index in [2.05, 4.69) is 20.8 Å². The fraction of sp³-hybridized carbons (Fsp3) is 0.261. The summed E-state index contributed by atoms with van der Waals surface area (Å²) in [4.78, 5) is 46.8. The lowest BCUT2D eigenvalue weighted by atomic mass is 9.96. The van der Waals surface area contributed by atoms with Crippen LogP contribution in [0.4, 0.5) is 13.2 Å². The molecule has 2 N–H and O–H groups in total. The number of benzene rings is 1. The number of thiazole rings is 1. The van der Waals surface area contributed by atoms with Gasteiger partial charge < -0.3 is 4.90 Å². The Morgan fingerprint density at radius 1 is 1.06 bits per heavy atom. The van der Waals surface area contributed by atoms with Gasteiger partial charge in [-0.1, -0.05) is 23.7 Å². The van der Waals surface area contributed by atoms with Crippen LogP contribution in [-0.4, -0.2) is 45.7 Å². The number of hydrogen-bond acceptors (Lipinski definition) is 6. The first kappa shape index (κ1) is 25.6. The number of nitrogens with zero attached hydrogens (tertiary/aromatic N) is 3. The second-order valence-corrected chi connectivity index (χ2v) is 9.23. The van der Waals surface area contributed by atoms with Crippen molar-refractivity contribution in [3.05, 3.63) is 80.5 Å². The maximum atomic E-state index is 13.3. The molecule has 0 atom stereocenters. The predicted octanol–water partition coefficient (Wildman–Crippen LogP) is 4.30. The van der Waals surface area contributed by atoms with Gasteiger partial charge in [0.1, 0.15) is 10.8 Å². The summed E-state index contributed by atoms with van der Waals surface area (Å²) in [7, 11) is 0. The Morgan fingerprint density at radius 2 is 1.75 bits per heavy atom. The van der Waals surface area contributed by atoms with E-state index in [0.717, 1.165) is 6.07 Å². The van der Waals surface area contributed by atoms with E-state index in [4.69, 9.17) is 11.6 Å². The quantitative estimate of drug-likeness (QED) is 0.381. The van der Waals surface area contributed by atoms with Crippen LogP contribution in [0.15, 0.2) is 48.0 Å². The smallest absolute Gasteiger partial charge is 0.339 e. The van der Waals surface area contributed by atoms with Crippen molar-refractivity contribution in [3.8, 4) is 0 Å². The summed E-state index contributed by atoms with van der Waals surface area (Å²) in [5.74, 6) is -1.89. The van der Waals surface area contributed by atoms with Gasteiger partial charge >= 0.3 is 6.18 Å². The number of hydrogen-bond donors (Lipinski definition) is 2. The first-order chi connectivity index (χ1) is 17.1. The number of nitrogens with one attached hydrogen (secondary N) is 2. The number of carbonyl (C=O) groups excluding carboxylic acids is 3. The molecular weight excluding hydrogens is 519 g/mol. The van der Waals surface area contributed by atoms with Crippen LogP contribution in [0, 0.1) is 0 Å². The number of alkyl halides is 3. The normalized spacial score (nSPS) is 14.4. The Kier molecular flexibility index (Phi) is 7.55. The maximum Gasteiger partial charge on any atom is 0.417 e. The van der Waals surface area contributed by atoms with Crippen molar-refractivity contribution < 1.29 is 27.6 Å². The highest BCUT2D eigenvalue weighted by molar-refractivity contribution is 7.09. The van der Waals surface area contributed by atoms with Crippen LogP contribution in [0.1, 0.15) is 60.5 Å². The number of pyridine rings is 1. The summed E-state index contributed by atoms with van der Waals surface area (Å²) in [6.07, 6.45) is -2.27. The molecule has 4 rings (SSSR count). The van der Waals surface area contributed by atoms with Crippen LogP contribution in [0.2, 0.25) is 5.15 Å². The number of rotatable bonds is 4. The van der Waals surface area contributed by atoms with Crippen LogP contribution in [0.5, 0.6) is 0 Å². The summed E-state index contributed by atoms with van der Waals surface area (Å²) in [5, 5.41) is 2.36. The van der Waals surface area contributed by atoms with Gasteiger partial charge in [-0.05, 0) is 37.1 Å². The summed E-state index contributed by atoms with van der Waals surface area (Å²) >= 11 is 7.02. The second kappa shape index (κ2) is 10.6. The molecule has 2 aromatic heterocycles. The fourth-order valence-corrected chi connectivity index (χ4v) is 4.93. The molecule has 3 heterocycles. The molecule has 0 bridgehead atoms. The van der Waals surface area contributed by atoms with E-state index >= 15 is 0 Å².